The fourth-order valence-electron chi connectivity index (χ4n) is 1.86. The molecule has 0 aromatic carbocycles. The molecule has 2 rings (SSSR count). The average Bonchev–Trinajstić information content (AvgIpc) is 3.09. The van der Waals surface area contributed by atoms with E-state index in [-0.39, 0.29) is 18.2 Å². The first kappa shape index (κ1) is 17.6. The molecule has 2 N–H and O–H groups in total. The molecule has 9 heteroatoms. The van der Waals surface area contributed by atoms with Crippen LogP contribution in [0.1, 0.15) is 17.7 Å². The molecule has 0 unspecified atom stereocenters. The van der Waals surface area contributed by atoms with Crippen LogP contribution < -0.4 is 5.32 Å². The maximum atomic E-state index is 12.3. The van der Waals surface area contributed by atoms with E-state index in [1.807, 2.05) is 23.6 Å². The van der Waals surface area contributed by atoms with E-state index in [1.54, 1.807) is 0 Å². The summed E-state index contributed by atoms with van der Waals surface area (Å²) in [6, 6.07) is 3.83. The zero-order valence-electron chi connectivity index (χ0n) is 12.0. The van der Waals surface area contributed by atoms with E-state index in [0.717, 1.165) is 4.88 Å². The third-order valence-electron chi connectivity index (χ3n) is 2.91. The standard InChI is InChI=1S/C14H14N2O4S3/c17-11(15-8-12(18)19)4-1-5-16-13(20)10(23-14(16)21)7-9-3-2-6-22-9/h2-3,6-7H,1,4-5,8H2,(H,15,17)(H,18,19)/b10-7-. The lowest BCUT2D eigenvalue weighted by Crippen LogP contribution is -2.32. The van der Waals surface area contributed by atoms with E-state index in [1.165, 1.54) is 28.0 Å². The van der Waals surface area contributed by atoms with Crippen molar-refractivity contribution in [2.45, 2.75) is 12.8 Å². The normalized spacial score (nSPS) is 16.2. The molecule has 1 fully saturated rings. The molecule has 1 aliphatic rings. The minimum atomic E-state index is -1.09. The van der Waals surface area contributed by atoms with Crippen molar-refractivity contribution in [1.29, 1.82) is 0 Å². The van der Waals surface area contributed by atoms with Gasteiger partial charge in [-0.1, -0.05) is 30.0 Å². The third kappa shape index (κ3) is 5.15. The Hall–Kier alpha value is -1.71. The van der Waals surface area contributed by atoms with Gasteiger partial charge in [-0.25, -0.2) is 0 Å². The van der Waals surface area contributed by atoms with Gasteiger partial charge in [0.1, 0.15) is 10.9 Å². The van der Waals surface area contributed by atoms with E-state index in [4.69, 9.17) is 17.3 Å². The number of nitrogens with one attached hydrogen (secondary N) is 1. The Labute approximate surface area is 146 Å². The summed E-state index contributed by atoms with van der Waals surface area (Å²) in [4.78, 5) is 37.1. The van der Waals surface area contributed by atoms with Gasteiger partial charge in [-0.05, 0) is 23.9 Å². The van der Waals surface area contributed by atoms with Gasteiger partial charge in [0.15, 0.2) is 0 Å². The van der Waals surface area contributed by atoms with Crippen LogP contribution in [0.5, 0.6) is 0 Å². The van der Waals surface area contributed by atoms with Crippen LogP contribution in [0.2, 0.25) is 0 Å². The molecule has 2 heterocycles. The summed E-state index contributed by atoms with van der Waals surface area (Å²) in [5, 5.41) is 12.7. The first-order valence-electron chi connectivity index (χ1n) is 6.74. The number of amides is 2. The SMILES string of the molecule is O=C(O)CNC(=O)CCCN1C(=O)/C(=C/c2cccs2)SC1=S. The van der Waals surface area contributed by atoms with Crippen LogP contribution in [0.15, 0.2) is 22.4 Å². The molecule has 1 aromatic rings. The van der Waals surface area contributed by atoms with E-state index in [0.29, 0.717) is 22.2 Å². The number of thioether (sulfide) groups is 1. The zero-order valence-corrected chi connectivity index (χ0v) is 14.4. The number of carboxylic acid groups (broad SMARTS) is 1. The minimum Gasteiger partial charge on any atom is -0.480 e. The van der Waals surface area contributed by atoms with Gasteiger partial charge in [0, 0.05) is 17.8 Å². The number of hydrogen-bond donors (Lipinski definition) is 2. The summed E-state index contributed by atoms with van der Waals surface area (Å²) in [5.41, 5.74) is 0. The molecule has 23 heavy (non-hydrogen) atoms. The lowest BCUT2D eigenvalue weighted by atomic mass is 10.2. The summed E-state index contributed by atoms with van der Waals surface area (Å²) in [5.74, 6) is -1.60. The minimum absolute atomic E-state index is 0.147. The molecule has 0 aliphatic carbocycles. The Morgan fingerprint density at radius 3 is 2.87 bits per heavy atom. The number of thiophene rings is 1. The van der Waals surface area contributed by atoms with Crippen molar-refractivity contribution in [3.8, 4) is 0 Å². The molecule has 0 spiro atoms. The highest BCUT2D eigenvalue weighted by Crippen LogP contribution is 2.33. The number of aliphatic carboxylic acids is 1. The summed E-state index contributed by atoms with van der Waals surface area (Å²) >= 11 is 8.00. The van der Waals surface area contributed by atoms with Crippen LogP contribution in [0, 0.1) is 0 Å². The van der Waals surface area contributed by atoms with Crippen LogP contribution in [-0.4, -0.2) is 45.2 Å². The summed E-state index contributed by atoms with van der Waals surface area (Å²) < 4.78 is 0.476. The number of thiocarbonyl (C=S) groups is 1. The van der Waals surface area contributed by atoms with E-state index in [2.05, 4.69) is 5.32 Å². The fourth-order valence-corrected chi connectivity index (χ4v) is 3.89. The van der Waals surface area contributed by atoms with Gasteiger partial charge in [0.05, 0.1) is 4.91 Å². The predicted octanol–water partition coefficient (Wildman–Crippen LogP) is 1.93. The maximum Gasteiger partial charge on any atom is 0.322 e. The summed E-state index contributed by atoms with van der Waals surface area (Å²) in [6.45, 7) is -0.0591. The highest BCUT2D eigenvalue weighted by atomic mass is 32.2. The van der Waals surface area contributed by atoms with Gasteiger partial charge >= 0.3 is 5.97 Å². The van der Waals surface area contributed by atoms with Crippen molar-refractivity contribution < 1.29 is 19.5 Å². The van der Waals surface area contributed by atoms with Crippen molar-refractivity contribution in [3.05, 3.63) is 27.3 Å². The molecule has 122 valence electrons. The predicted molar refractivity (Wildman–Crippen MR) is 94.1 cm³/mol. The topological polar surface area (TPSA) is 86.7 Å². The number of nitrogens with zero attached hydrogens (tertiary/aromatic N) is 1. The largest absolute Gasteiger partial charge is 0.480 e. The van der Waals surface area contributed by atoms with Gasteiger partial charge in [0.25, 0.3) is 5.91 Å². The lowest BCUT2D eigenvalue weighted by Gasteiger charge is -2.13. The Balaban J connectivity index is 1.84. The molecule has 2 amide bonds. The van der Waals surface area contributed by atoms with Crippen molar-refractivity contribution in [2.24, 2.45) is 0 Å². The van der Waals surface area contributed by atoms with Crippen molar-refractivity contribution in [3.63, 3.8) is 0 Å². The smallest absolute Gasteiger partial charge is 0.322 e. The van der Waals surface area contributed by atoms with Crippen LogP contribution in [0.25, 0.3) is 6.08 Å². The quantitative estimate of drug-likeness (QED) is 0.563. The second kappa shape index (κ2) is 8.23. The Bertz CT molecular complexity index is 655. The van der Waals surface area contributed by atoms with Crippen molar-refractivity contribution in [2.75, 3.05) is 13.1 Å². The molecule has 0 bridgehead atoms. The number of carboxylic acids is 1. The monoisotopic (exact) mass is 370 g/mol. The second-order valence-corrected chi connectivity index (χ2v) is 7.28. The van der Waals surface area contributed by atoms with Crippen LogP contribution in [0.3, 0.4) is 0 Å². The van der Waals surface area contributed by atoms with Crippen molar-refractivity contribution in [1.82, 2.24) is 10.2 Å². The molecule has 0 atom stereocenters. The van der Waals surface area contributed by atoms with Gasteiger partial charge in [-0.15, -0.1) is 11.3 Å². The Morgan fingerprint density at radius 1 is 1.43 bits per heavy atom. The Kier molecular flexibility index (Phi) is 6.31. The molecule has 6 nitrogen and oxygen atoms in total. The molecule has 0 radical (unpaired) electrons. The molecular weight excluding hydrogens is 356 g/mol. The highest BCUT2D eigenvalue weighted by Gasteiger charge is 2.31. The van der Waals surface area contributed by atoms with Gasteiger partial charge in [0.2, 0.25) is 5.91 Å². The molecule has 1 aliphatic heterocycles. The zero-order chi connectivity index (χ0) is 16.8. The van der Waals surface area contributed by atoms with E-state index in [9.17, 15) is 14.4 Å². The van der Waals surface area contributed by atoms with E-state index < -0.39 is 12.5 Å². The Morgan fingerprint density at radius 2 is 2.22 bits per heavy atom. The number of hydrogen-bond acceptors (Lipinski definition) is 6. The lowest BCUT2D eigenvalue weighted by molar-refractivity contribution is -0.137. The van der Waals surface area contributed by atoms with Gasteiger partial charge in [-0.3, -0.25) is 19.3 Å². The van der Waals surface area contributed by atoms with Crippen LogP contribution in [-0.2, 0) is 14.4 Å². The average molecular weight is 370 g/mol. The third-order valence-corrected chi connectivity index (χ3v) is 5.11. The fraction of sp³-hybridized carbons (Fsp3) is 0.286. The summed E-state index contributed by atoms with van der Waals surface area (Å²) in [7, 11) is 0. The first-order chi connectivity index (χ1) is 11.0. The summed E-state index contributed by atoms with van der Waals surface area (Å²) in [6.07, 6.45) is 2.38. The van der Waals surface area contributed by atoms with Crippen molar-refractivity contribution >= 4 is 63.5 Å². The van der Waals surface area contributed by atoms with Crippen LogP contribution >= 0.6 is 35.3 Å². The van der Waals surface area contributed by atoms with Gasteiger partial charge in [-0.2, -0.15) is 0 Å². The highest BCUT2D eigenvalue weighted by molar-refractivity contribution is 8.26. The number of rotatable bonds is 7. The molecule has 1 aromatic heterocycles. The molecule has 0 saturated carbocycles. The number of carbonyl (C=O) groups is 3. The second-order valence-electron chi connectivity index (χ2n) is 4.62. The number of carbonyl (C=O) groups excluding carboxylic acids is 2. The first-order valence-corrected chi connectivity index (χ1v) is 8.85. The molecule has 1 saturated heterocycles. The maximum absolute atomic E-state index is 12.3. The van der Waals surface area contributed by atoms with Crippen LogP contribution in [0.4, 0.5) is 0 Å². The van der Waals surface area contributed by atoms with Gasteiger partial charge < -0.3 is 10.4 Å². The van der Waals surface area contributed by atoms with E-state index >= 15 is 0 Å². The molecular formula is C14H14N2O4S3.